The zero-order valence-corrected chi connectivity index (χ0v) is 12.3. The van der Waals surface area contributed by atoms with E-state index in [4.69, 9.17) is 10.5 Å². The summed E-state index contributed by atoms with van der Waals surface area (Å²) in [5, 5.41) is 0. The maximum atomic E-state index is 6.54. The molecule has 1 saturated carbocycles. The lowest BCUT2D eigenvalue weighted by Crippen LogP contribution is -2.40. The fourth-order valence-corrected chi connectivity index (χ4v) is 4.13. The number of benzene rings is 1. The van der Waals surface area contributed by atoms with Gasteiger partial charge in [0.05, 0.1) is 7.11 Å². The smallest absolute Gasteiger partial charge is 0.122 e. The Balaban J connectivity index is 2.15. The second kappa shape index (κ2) is 4.82. The maximum Gasteiger partial charge on any atom is 0.122 e. The van der Waals surface area contributed by atoms with Crippen LogP contribution in [0.25, 0.3) is 0 Å². The minimum atomic E-state index is 0.349. The highest BCUT2D eigenvalue weighted by atomic mass is 16.5. The van der Waals surface area contributed by atoms with Crippen molar-refractivity contribution in [3.8, 4) is 5.75 Å². The van der Waals surface area contributed by atoms with Crippen LogP contribution >= 0.6 is 0 Å². The van der Waals surface area contributed by atoms with Gasteiger partial charge in [-0.25, -0.2) is 0 Å². The van der Waals surface area contributed by atoms with Gasteiger partial charge in [0, 0.05) is 6.04 Å². The van der Waals surface area contributed by atoms with Crippen molar-refractivity contribution in [3.05, 3.63) is 28.3 Å². The van der Waals surface area contributed by atoms with Crippen LogP contribution in [0.5, 0.6) is 5.75 Å². The summed E-state index contributed by atoms with van der Waals surface area (Å²) in [6.07, 6.45) is 6.39. The first kappa shape index (κ1) is 13.0. The van der Waals surface area contributed by atoms with Crippen LogP contribution < -0.4 is 10.5 Å². The second-order valence-electron chi connectivity index (χ2n) is 6.33. The molecule has 1 fully saturated rings. The van der Waals surface area contributed by atoms with Crippen molar-refractivity contribution >= 4 is 0 Å². The molecule has 104 valence electrons. The van der Waals surface area contributed by atoms with E-state index in [1.54, 1.807) is 12.7 Å². The fraction of sp³-hybridized carbons (Fsp3) is 0.647. The quantitative estimate of drug-likeness (QED) is 0.838. The molecule has 2 heteroatoms. The molecule has 2 nitrogen and oxygen atoms in total. The summed E-state index contributed by atoms with van der Waals surface area (Å²) < 4.78 is 5.56. The molecule has 1 aromatic carbocycles. The van der Waals surface area contributed by atoms with Crippen LogP contribution in [0.3, 0.4) is 0 Å². The Hall–Kier alpha value is -1.02. The summed E-state index contributed by atoms with van der Waals surface area (Å²) in [7, 11) is 1.77. The first-order valence-corrected chi connectivity index (χ1v) is 7.56. The molecule has 0 aliphatic heterocycles. The van der Waals surface area contributed by atoms with E-state index in [0.29, 0.717) is 17.9 Å². The van der Waals surface area contributed by atoms with Gasteiger partial charge in [-0.05, 0) is 73.3 Å². The molecule has 0 spiro atoms. The standard InChI is InChI=1S/C17H25NO/c1-10-11(2)16(19-3)9-15-13-7-5-4-6-12(17(13)18)8-14(10)15/h9,12-13,17H,4-8,18H2,1-3H3/t12?,13-,17?/m1/s1. The van der Waals surface area contributed by atoms with Crippen molar-refractivity contribution in [2.24, 2.45) is 11.7 Å². The Morgan fingerprint density at radius 1 is 1.16 bits per heavy atom. The highest BCUT2D eigenvalue weighted by molar-refractivity contribution is 5.51. The predicted molar refractivity (Wildman–Crippen MR) is 78.8 cm³/mol. The molecule has 3 atom stereocenters. The molecule has 2 aliphatic carbocycles. The molecule has 2 unspecified atom stereocenters. The van der Waals surface area contributed by atoms with Crippen molar-refractivity contribution < 1.29 is 4.74 Å². The average molecular weight is 259 g/mol. The summed E-state index contributed by atoms with van der Waals surface area (Å²) >= 11 is 0. The van der Waals surface area contributed by atoms with Gasteiger partial charge < -0.3 is 10.5 Å². The van der Waals surface area contributed by atoms with E-state index in [-0.39, 0.29) is 0 Å². The zero-order valence-electron chi connectivity index (χ0n) is 12.3. The third-order valence-corrected chi connectivity index (χ3v) is 5.45. The average Bonchev–Trinajstić information content (AvgIpc) is 2.53. The molecule has 2 bridgehead atoms. The van der Waals surface area contributed by atoms with Crippen LogP contribution in [0.1, 0.15) is 53.9 Å². The maximum absolute atomic E-state index is 6.54. The van der Waals surface area contributed by atoms with Gasteiger partial charge >= 0.3 is 0 Å². The molecule has 0 radical (unpaired) electrons. The number of hydrogen-bond donors (Lipinski definition) is 1. The lowest BCUT2D eigenvalue weighted by molar-refractivity contribution is 0.338. The van der Waals surface area contributed by atoms with E-state index < -0.39 is 0 Å². The van der Waals surface area contributed by atoms with Crippen LogP contribution in [-0.2, 0) is 6.42 Å². The minimum Gasteiger partial charge on any atom is -0.496 e. The Morgan fingerprint density at radius 3 is 2.63 bits per heavy atom. The third kappa shape index (κ3) is 1.97. The Kier molecular flexibility index (Phi) is 3.30. The summed E-state index contributed by atoms with van der Waals surface area (Å²) in [5.74, 6) is 2.27. The summed E-state index contributed by atoms with van der Waals surface area (Å²) in [5.41, 5.74) is 12.3. The number of nitrogens with two attached hydrogens (primary N) is 1. The number of rotatable bonds is 1. The van der Waals surface area contributed by atoms with E-state index >= 15 is 0 Å². The molecule has 2 aliphatic rings. The van der Waals surface area contributed by atoms with E-state index in [0.717, 1.165) is 5.75 Å². The highest BCUT2D eigenvalue weighted by Crippen LogP contribution is 2.45. The number of ether oxygens (including phenoxy) is 1. The van der Waals surface area contributed by atoms with Crippen LogP contribution in [0.4, 0.5) is 0 Å². The molecule has 3 rings (SSSR count). The highest BCUT2D eigenvalue weighted by Gasteiger charge is 2.37. The minimum absolute atomic E-state index is 0.349. The van der Waals surface area contributed by atoms with Gasteiger partial charge in [0.25, 0.3) is 0 Å². The Labute approximate surface area is 116 Å². The molecule has 0 aromatic heterocycles. The number of methoxy groups -OCH3 is 1. The van der Waals surface area contributed by atoms with Crippen molar-refractivity contribution in [2.45, 2.75) is 57.9 Å². The SMILES string of the molecule is COc1cc2c(c(C)c1C)CC1CCCC[C@H]2C1N. The van der Waals surface area contributed by atoms with E-state index in [1.165, 1.54) is 48.8 Å². The monoisotopic (exact) mass is 259 g/mol. The Bertz CT molecular complexity index is 495. The van der Waals surface area contributed by atoms with E-state index in [9.17, 15) is 0 Å². The van der Waals surface area contributed by atoms with Crippen LogP contribution in [0.2, 0.25) is 0 Å². The first-order valence-electron chi connectivity index (χ1n) is 7.56. The molecular weight excluding hydrogens is 234 g/mol. The summed E-state index contributed by atoms with van der Waals surface area (Å²) in [6, 6.07) is 2.62. The van der Waals surface area contributed by atoms with Gasteiger partial charge in [0.1, 0.15) is 5.75 Å². The molecule has 19 heavy (non-hydrogen) atoms. The molecule has 0 saturated heterocycles. The van der Waals surface area contributed by atoms with Crippen LogP contribution in [0, 0.1) is 19.8 Å². The van der Waals surface area contributed by atoms with Crippen LogP contribution in [0.15, 0.2) is 6.07 Å². The third-order valence-electron chi connectivity index (χ3n) is 5.45. The van der Waals surface area contributed by atoms with Crippen molar-refractivity contribution in [1.29, 1.82) is 0 Å². The van der Waals surface area contributed by atoms with Gasteiger partial charge in [-0.1, -0.05) is 12.8 Å². The number of fused-ring (bicyclic) bond motifs is 4. The Morgan fingerprint density at radius 2 is 1.89 bits per heavy atom. The van der Waals surface area contributed by atoms with Crippen LogP contribution in [-0.4, -0.2) is 13.2 Å². The molecule has 2 N–H and O–H groups in total. The van der Waals surface area contributed by atoms with E-state index in [2.05, 4.69) is 19.9 Å². The fourth-order valence-electron chi connectivity index (χ4n) is 4.13. The molecular formula is C17H25NO. The molecule has 0 amide bonds. The van der Waals surface area contributed by atoms with Gasteiger partial charge in [-0.15, -0.1) is 0 Å². The first-order chi connectivity index (χ1) is 9.13. The van der Waals surface area contributed by atoms with Gasteiger partial charge in [-0.3, -0.25) is 0 Å². The number of hydrogen-bond acceptors (Lipinski definition) is 2. The summed E-state index contributed by atoms with van der Waals surface area (Å²) in [6.45, 7) is 4.42. The predicted octanol–water partition coefficient (Wildman–Crippen LogP) is 3.47. The van der Waals surface area contributed by atoms with Crippen molar-refractivity contribution in [2.75, 3.05) is 7.11 Å². The lowest BCUT2D eigenvalue weighted by Gasteiger charge is -2.37. The second-order valence-corrected chi connectivity index (χ2v) is 6.33. The topological polar surface area (TPSA) is 35.2 Å². The van der Waals surface area contributed by atoms with E-state index in [1.807, 2.05) is 0 Å². The zero-order chi connectivity index (χ0) is 13.6. The van der Waals surface area contributed by atoms with Crippen molar-refractivity contribution in [3.63, 3.8) is 0 Å². The van der Waals surface area contributed by atoms with Gasteiger partial charge in [0.15, 0.2) is 0 Å². The lowest BCUT2D eigenvalue weighted by atomic mass is 9.71. The van der Waals surface area contributed by atoms with Crippen molar-refractivity contribution in [1.82, 2.24) is 0 Å². The largest absolute Gasteiger partial charge is 0.496 e. The van der Waals surface area contributed by atoms with Gasteiger partial charge in [-0.2, -0.15) is 0 Å². The molecule has 0 heterocycles. The van der Waals surface area contributed by atoms with Gasteiger partial charge in [0.2, 0.25) is 0 Å². The summed E-state index contributed by atoms with van der Waals surface area (Å²) in [4.78, 5) is 0. The normalized spacial score (nSPS) is 29.6. The molecule has 1 aromatic rings.